The van der Waals surface area contributed by atoms with E-state index in [0.29, 0.717) is 11.3 Å². The quantitative estimate of drug-likeness (QED) is 0.346. The number of hydrogen-bond acceptors (Lipinski definition) is 10. The Labute approximate surface area is 206 Å². The molecule has 1 aromatic carbocycles. The molecular formula is C25H26N2O9. The van der Waals surface area contributed by atoms with Crippen LogP contribution in [0.4, 0.5) is 5.69 Å². The van der Waals surface area contributed by atoms with E-state index in [0.717, 1.165) is 13.8 Å². The molecule has 1 aromatic rings. The number of anilines is 1. The molecule has 190 valence electrons. The van der Waals surface area contributed by atoms with E-state index < -0.39 is 63.9 Å². The number of imide groups is 1. The normalized spacial score (nSPS) is 25.0. The number of hydrogen-bond donors (Lipinski definition) is 4. The van der Waals surface area contributed by atoms with Gasteiger partial charge < -0.3 is 25.0 Å². The first-order chi connectivity index (χ1) is 16.8. The van der Waals surface area contributed by atoms with Gasteiger partial charge in [-0.3, -0.25) is 29.3 Å². The first kappa shape index (κ1) is 25.1. The lowest BCUT2D eigenvalue weighted by Gasteiger charge is -2.46. The summed E-state index contributed by atoms with van der Waals surface area (Å²) in [6.45, 7) is 2.06. The van der Waals surface area contributed by atoms with Crippen molar-refractivity contribution in [2.45, 2.75) is 38.7 Å². The Bertz CT molecular complexity index is 1310. The molecule has 0 saturated heterocycles. The second-order valence-electron chi connectivity index (χ2n) is 9.48. The van der Waals surface area contributed by atoms with Crippen molar-refractivity contribution < 1.29 is 44.0 Å². The first-order valence-corrected chi connectivity index (χ1v) is 11.3. The molecular weight excluding hydrogens is 472 g/mol. The molecule has 0 radical (unpaired) electrons. The zero-order valence-corrected chi connectivity index (χ0v) is 20.2. The van der Waals surface area contributed by atoms with Crippen molar-refractivity contribution >= 4 is 35.0 Å². The van der Waals surface area contributed by atoms with Crippen LogP contribution in [-0.2, 0) is 30.3 Å². The molecule has 11 nitrogen and oxygen atoms in total. The van der Waals surface area contributed by atoms with Crippen LogP contribution in [0.15, 0.2) is 34.8 Å². The number of fused-ring (bicyclic) bond motifs is 3. The number of ketones is 2. The summed E-state index contributed by atoms with van der Waals surface area (Å²) in [5, 5.41) is 34.7. The second kappa shape index (κ2) is 8.59. The minimum absolute atomic E-state index is 0.0321. The Morgan fingerprint density at radius 1 is 1.11 bits per heavy atom. The summed E-state index contributed by atoms with van der Waals surface area (Å²) in [7, 11) is 3.56. The molecule has 0 saturated carbocycles. The lowest BCUT2D eigenvalue weighted by atomic mass is 9.60. The topological polar surface area (TPSA) is 171 Å². The third-order valence-electron chi connectivity index (χ3n) is 6.89. The zero-order valence-electron chi connectivity index (χ0n) is 20.2. The Balaban J connectivity index is 1.95. The molecule has 0 fully saturated rings. The van der Waals surface area contributed by atoms with E-state index in [2.05, 4.69) is 0 Å². The van der Waals surface area contributed by atoms with Gasteiger partial charge in [0.2, 0.25) is 11.7 Å². The predicted octanol–water partition coefficient (Wildman–Crippen LogP) is 0.829. The van der Waals surface area contributed by atoms with Crippen LogP contribution >= 0.6 is 0 Å². The summed E-state index contributed by atoms with van der Waals surface area (Å²) in [6, 6.07) is 3.02. The number of nitrogens with zero attached hydrogens (tertiary/aromatic N) is 1. The van der Waals surface area contributed by atoms with Gasteiger partial charge in [0.15, 0.2) is 17.1 Å². The first-order valence-electron chi connectivity index (χ1n) is 11.3. The number of carbonyl (C=O) groups excluding carboxylic acids is 5. The average Bonchev–Trinajstić information content (AvgIpc) is 2.74. The molecule has 36 heavy (non-hydrogen) atoms. The Hall–Kier alpha value is -3.99. The van der Waals surface area contributed by atoms with Crippen molar-refractivity contribution in [3.8, 4) is 5.75 Å². The number of nitrogens with one attached hydrogen (secondary N) is 1. The number of aliphatic hydroxyl groups is 2. The number of ether oxygens (including phenoxy) is 1. The number of carbonyl (C=O) groups is 5. The molecule has 0 aliphatic heterocycles. The van der Waals surface area contributed by atoms with Crippen molar-refractivity contribution in [3.63, 3.8) is 0 Å². The molecule has 4 rings (SSSR count). The standard InChI is InChI=1S/C25H26N2O9/c1-10(28)26-24(34)20-17(31)9-13-7-12-8-14-15(27(3)4)5-6-16(30)19(14)21(32)18(12)23(36-11(2)29)25(13,35)22(20)33/h5-6,12-13,30-31,35H,7-9H2,1-4H3,(H,26,28,34). The maximum atomic E-state index is 13.8. The summed E-state index contributed by atoms with van der Waals surface area (Å²) in [5.41, 5.74) is -2.41. The predicted molar refractivity (Wildman–Crippen MR) is 124 cm³/mol. The van der Waals surface area contributed by atoms with Crippen LogP contribution in [0.3, 0.4) is 0 Å². The highest BCUT2D eigenvalue weighted by Crippen LogP contribution is 2.53. The van der Waals surface area contributed by atoms with Gasteiger partial charge in [-0.2, -0.15) is 0 Å². The van der Waals surface area contributed by atoms with Gasteiger partial charge in [0.25, 0.3) is 5.91 Å². The smallest absolute Gasteiger partial charge is 0.307 e. The summed E-state index contributed by atoms with van der Waals surface area (Å²) in [5.74, 6) is -8.13. The molecule has 11 heteroatoms. The fourth-order valence-electron chi connectivity index (χ4n) is 5.48. The van der Waals surface area contributed by atoms with E-state index in [1.54, 1.807) is 25.1 Å². The van der Waals surface area contributed by atoms with Gasteiger partial charge in [0.1, 0.15) is 17.1 Å². The monoisotopic (exact) mass is 498 g/mol. The molecule has 0 aromatic heterocycles. The second-order valence-corrected chi connectivity index (χ2v) is 9.48. The molecule has 3 atom stereocenters. The van der Waals surface area contributed by atoms with Crippen LogP contribution in [0.25, 0.3) is 0 Å². The van der Waals surface area contributed by atoms with Gasteiger partial charge in [0, 0.05) is 51.5 Å². The van der Waals surface area contributed by atoms with Crippen LogP contribution < -0.4 is 10.2 Å². The van der Waals surface area contributed by atoms with Gasteiger partial charge in [-0.15, -0.1) is 0 Å². The van der Waals surface area contributed by atoms with Crippen LogP contribution in [0, 0.1) is 11.8 Å². The molecule has 4 N–H and O–H groups in total. The Kier molecular flexibility index (Phi) is 5.99. The average molecular weight is 498 g/mol. The summed E-state index contributed by atoms with van der Waals surface area (Å²) in [4.78, 5) is 65.0. The van der Waals surface area contributed by atoms with E-state index in [1.165, 1.54) is 6.07 Å². The fraction of sp³-hybridized carbons (Fsp3) is 0.400. The van der Waals surface area contributed by atoms with Gasteiger partial charge >= 0.3 is 5.97 Å². The number of rotatable bonds is 3. The zero-order chi connectivity index (χ0) is 26.7. The number of phenols is 1. The van der Waals surface area contributed by atoms with Crippen LogP contribution in [-0.4, -0.2) is 64.4 Å². The SMILES string of the molecule is CC(=O)NC(=O)C1=C(O)CC2CC3Cc4c(N(C)C)ccc(O)c4C(=O)C3=C(OC(C)=O)C2(O)C1=O. The molecule has 0 spiro atoms. The highest BCUT2D eigenvalue weighted by molar-refractivity contribution is 6.27. The van der Waals surface area contributed by atoms with Crippen molar-refractivity contribution in [1.82, 2.24) is 5.32 Å². The molecule has 3 aliphatic rings. The molecule has 3 aliphatic carbocycles. The third kappa shape index (κ3) is 3.67. The van der Waals surface area contributed by atoms with Crippen LogP contribution in [0.1, 0.15) is 42.6 Å². The van der Waals surface area contributed by atoms with Gasteiger partial charge in [-0.05, 0) is 36.5 Å². The minimum Gasteiger partial charge on any atom is -0.511 e. The third-order valence-corrected chi connectivity index (χ3v) is 6.89. The van der Waals surface area contributed by atoms with E-state index >= 15 is 0 Å². The van der Waals surface area contributed by atoms with Crippen LogP contribution in [0.5, 0.6) is 5.75 Å². The van der Waals surface area contributed by atoms with Crippen molar-refractivity contribution in [3.05, 3.63) is 45.9 Å². The highest BCUT2D eigenvalue weighted by Gasteiger charge is 2.61. The van der Waals surface area contributed by atoms with Crippen molar-refractivity contribution in [1.29, 1.82) is 0 Å². The van der Waals surface area contributed by atoms with Crippen LogP contribution in [0.2, 0.25) is 0 Å². The molecule has 2 amide bonds. The number of benzene rings is 1. The largest absolute Gasteiger partial charge is 0.511 e. The minimum atomic E-state index is -2.63. The number of esters is 1. The number of Topliss-reactive ketones (excluding diaryl/α,β-unsaturated/α-hetero) is 2. The molecule has 0 heterocycles. The van der Waals surface area contributed by atoms with E-state index in [9.17, 15) is 39.3 Å². The number of amides is 2. The van der Waals surface area contributed by atoms with E-state index in [-0.39, 0.29) is 36.1 Å². The maximum absolute atomic E-state index is 13.8. The summed E-state index contributed by atoms with van der Waals surface area (Å²) >= 11 is 0. The van der Waals surface area contributed by atoms with E-state index in [1.807, 2.05) is 5.32 Å². The number of aliphatic hydroxyl groups excluding tert-OH is 1. The summed E-state index contributed by atoms with van der Waals surface area (Å²) in [6.07, 6.45) is -0.0627. The van der Waals surface area contributed by atoms with Gasteiger partial charge in [-0.1, -0.05) is 0 Å². The number of allylic oxidation sites excluding steroid dienone is 2. The molecule has 0 bridgehead atoms. The lowest BCUT2D eigenvalue weighted by molar-refractivity contribution is -0.153. The van der Waals surface area contributed by atoms with Gasteiger partial charge in [-0.25, -0.2) is 0 Å². The summed E-state index contributed by atoms with van der Waals surface area (Å²) < 4.78 is 5.31. The Morgan fingerprint density at radius 2 is 1.78 bits per heavy atom. The lowest BCUT2D eigenvalue weighted by Crippen LogP contribution is -2.58. The fourth-order valence-corrected chi connectivity index (χ4v) is 5.48. The van der Waals surface area contributed by atoms with Gasteiger partial charge in [0.05, 0.1) is 5.56 Å². The van der Waals surface area contributed by atoms with Crippen molar-refractivity contribution in [2.24, 2.45) is 11.8 Å². The molecule has 3 unspecified atom stereocenters. The van der Waals surface area contributed by atoms with Crippen molar-refractivity contribution in [2.75, 3.05) is 19.0 Å². The van der Waals surface area contributed by atoms with E-state index in [4.69, 9.17) is 4.74 Å². The number of phenolic OH excluding ortho intramolecular Hbond substituents is 1. The maximum Gasteiger partial charge on any atom is 0.307 e. The Morgan fingerprint density at radius 3 is 2.36 bits per heavy atom. The highest BCUT2D eigenvalue weighted by atomic mass is 16.5. The number of aromatic hydroxyl groups is 1.